The van der Waals surface area contributed by atoms with Gasteiger partial charge < -0.3 is 20.5 Å². The average Bonchev–Trinajstić information content (AvgIpc) is 2.54. The maximum atomic E-state index is 12.2. The summed E-state index contributed by atoms with van der Waals surface area (Å²) in [6.07, 6.45) is 3.36. The molecule has 5 nitrogen and oxygen atoms in total. The van der Waals surface area contributed by atoms with E-state index in [0.717, 1.165) is 19.3 Å². The molecule has 0 heterocycles. The zero-order valence-electron chi connectivity index (χ0n) is 13.7. The van der Waals surface area contributed by atoms with Crippen LogP contribution in [0.2, 0.25) is 0 Å². The zero-order valence-corrected chi connectivity index (χ0v) is 13.7. The second-order valence-corrected chi connectivity index (χ2v) is 6.19. The Kier molecular flexibility index (Phi) is 6.78. The summed E-state index contributed by atoms with van der Waals surface area (Å²) in [5.41, 5.74) is 0.402. The molecule has 0 bridgehead atoms. The van der Waals surface area contributed by atoms with Crippen molar-refractivity contribution < 1.29 is 23.4 Å². The van der Waals surface area contributed by atoms with Crippen LogP contribution < -0.4 is 15.4 Å². The van der Waals surface area contributed by atoms with E-state index >= 15 is 0 Å². The summed E-state index contributed by atoms with van der Waals surface area (Å²) in [6, 6.07) is 5.64. The van der Waals surface area contributed by atoms with Crippen LogP contribution in [0.5, 0.6) is 5.75 Å². The molecule has 0 saturated heterocycles. The molecule has 0 radical (unpaired) electrons. The summed E-state index contributed by atoms with van der Waals surface area (Å²) in [6.45, 7) is -0.808. The third-order valence-electron chi connectivity index (χ3n) is 4.35. The van der Waals surface area contributed by atoms with E-state index in [4.69, 9.17) is 0 Å². The summed E-state index contributed by atoms with van der Waals surface area (Å²) >= 11 is 0. The molecule has 1 fully saturated rings. The van der Waals surface area contributed by atoms with Gasteiger partial charge in [0.1, 0.15) is 5.75 Å². The molecule has 0 spiro atoms. The molecule has 24 heavy (non-hydrogen) atoms. The number of hydrogen-bond acceptors (Lipinski definition) is 3. The predicted octanol–water partition coefficient (Wildman–Crippen LogP) is 3.20. The molecule has 1 saturated carbocycles. The van der Waals surface area contributed by atoms with E-state index in [-0.39, 0.29) is 24.4 Å². The van der Waals surface area contributed by atoms with Crippen LogP contribution in [0, 0.1) is 5.92 Å². The van der Waals surface area contributed by atoms with Gasteiger partial charge in [-0.1, -0.05) is 31.9 Å². The highest BCUT2D eigenvalue weighted by Crippen LogP contribution is 2.24. The normalized spacial score (nSPS) is 22.0. The fraction of sp³-hybridized carbons (Fsp3) is 0.588. The number of amides is 2. The van der Waals surface area contributed by atoms with Crippen molar-refractivity contribution in [1.82, 2.24) is 10.6 Å². The lowest BCUT2D eigenvalue weighted by Gasteiger charge is -2.29. The molecule has 1 aliphatic rings. The first kappa shape index (κ1) is 18.4. The number of halogens is 2. The highest BCUT2D eigenvalue weighted by molar-refractivity contribution is 5.74. The Morgan fingerprint density at radius 2 is 2.12 bits per heavy atom. The third-order valence-corrected chi connectivity index (χ3v) is 4.35. The topological polar surface area (TPSA) is 70.6 Å². The molecule has 1 aromatic carbocycles. The van der Waals surface area contributed by atoms with Crippen molar-refractivity contribution in [2.75, 3.05) is 6.54 Å². The highest BCUT2D eigenvalue weighted by Gasteiger charge is 2.23. The molecular weight excluding hydrogens is 318 g/mol. The Labute approximate surface area is 140 Å². The van der Waals surface area contributed by atoms with E-state index < -0.39 is 12.7 Å². The lowest BCUT2D eigenvalue weighted by atomic mass is 9.86. The van der Waals surface area contributed by atoms with Crippen molar-refractivity contribution in [2.45, 2.75) is 51.4 Å². The van der Waals surface area contributed by atoms with Gasteiger partial charge in [0.15, 0.2) is 0 Å². The smallest absolute Gasteiger partial charge is 0.387 e. The van der Waals surface area contributed by atoms with Gasteiger partial charge in [0.2, 0.25) is 0 Å². The number of alkyl halides is 2. The SMILES string of the molecule is CC1CCCCC1NC(=O)NCC(O)c1cccc(OC(F)F)c1. The number of aliphatic hydroxyl groups excluding tert-OH is 1. The van der Waals surface area contributed by atoms with Crippen LogP contribution in [0.1, 0.15) is 44.3 Å². The lowest BCUT2D eigenvalue weighted by Crippen LogP contribution is -2.46. The summed E-state index contributed by atoms with van der Waals surface area (Å²) in [5, 5.41) is 15.6. The van der Waals surface area contributed by atoms with Crippen molar-refractivity contribution in [1.29, 1.82) is 0 Å². The Bertz CT molecular complexity index is 542. The minimum atomic E-state index is -2.92. The number of ether oxygens (including phenoxy) is 1. The summed E-state index contributed by atoms with van der Waals surface area (Å²) < 4.78 is 28.7. The molecular formula is C17H24F2N2O3. The Hall–Kier alpha value is -1.89. The maximum absolute atomic E-state index is 12.2. The molecule has 2 rings (SSSR count). The minimum Gasteiger partial charge on any atom is -0.435 e. The van der Waals surface area contributed by atoms with E-state index in [9.17, 15) is 18.7 Å². The Balaban J connectivity index is 1.81. The van der Waals surface area contributed by atoms with Crippen molar-refractivity contribution in [3.63, 3.8) is 0 Å². The number of urea groups is 1. The molecule has 1 aliphatic carbocycles. The van der Waals surface area contributed by atoms with E-state index in [2.05, 4.69) is 22.3 Å². The number of aliphatic hydroxyl groups is 1. The number of carbonyl (C=O) groups excluding carboxylic acids is 1. The molecule has 3 unspecified atom stereocenters. The molecule has 3 atom stereocenters. The van der Waals surface area contributed by atoms with Crippen LogP contribution in [0.25, 0.3) is 0 Å². The molecule has 2 amide bonds. The molecule has 1 aromatic rings. The molecule has 134 valence electrons. The maximum Gasteiger partial charge on any atom is 0.387 e. The van der Waals surface area contributed by atoms with E-state index in [1.165, 1.54) is 24.6 Å². The Morgan fingerprint density at radius 3 is 2.83 bits per heavy atom. The fourth-order valence-corrected chi connectivity index (χ4v) is 2.96. The lowest BCUT2D eigenvalue weighted by molar-refractivity contribution is -0.0499. The monoisotopic (exact) mass is 342 g/mol. The standard InChI is InChI=1S/C17H24F2N2O3/c1-11-5-2-3-8-14(11)21-17(23)20-10-15(22)12-6-4-7-13(9-12)24-16(18)19/h4,6-7,9,11,14-16,22H,2-3,5,8,10H2,1H3,(H2,20,21,23). The first-order chi connectivity index (χ1) is 11.5. The van der Waals surface area contributed by atoms with Gasteiger partial charge >= 0.3 is 12.6 Å². The number of benzene rings is 1. The number of rotatable bonds is 6. The van der Waals surface area contributed by atoms with Crippen LogP contribution in [0.15, 0.2) is 24.3 Å². The van der Waals surface area contributed by atoms with Gasteiger partial charge in [-0.25, -0.2) is 4.79 Å². The average molecular weight is 342 g/mol. The van der Waals surface area contributed by atoms with Crippen molar-refractivity contribution in [2.24, 2.45) is 5.92 Å². The van der Waals surface area contributed by atoms with Crippen LogP contribution in [-0.2, 0) is 0 Å². The third kappa shape index (κ3) is 5.63. The molecule has 0 aromatic heterocycles. The van der Waals surface area contributed by atoms with Crippen molar-refractivity contribution in [3.05, 3.63) is 29.8 Å². The summed E-state index contributed by atoms with van der Waals surface area (Å²) in [5.74, 6) is 0.416. The molecule has 3 N–H and O–H groups in total. The number of hydrogen-bond donors (Lipinski definition) is 3. The van der Waals surface area contributed by atoms with Gasteiger partial charge in [-0.15, -0.1) is 0 Å². The van der Waals surface area contributed by atoms with Crippen LogP contribution in [0.3, 0.4) is 0 Å². The van der Waals surface area contributed by atoms with Crippen molar-refractivity contribution in [3.8, 4) is 5.75 Å². The fourth-order valence-electron chi connectivity index (χ4n) is 2.96. The van der Waals surface area contributed by atoms with Gasteiger partial charge in [-0.2, -0.15) is 8.78 Å². The summed E-state index contributed by atoms with van der Waals surface area (Å²) in [4.78, 5) is 11.9. The highest BCUT2D eigenvalue weighted by atomic mass is 19.3. The first-order valence-corrected chi connectivity index (χ1v) is 8.23. The van der Waals surface area contributed by atoms with E-state index in [1.54, 1.807) is 6.07 Å². The van der Waals surface area contributed by atoms with Crippen LogP contribution >= 0.6 is 0 Å². The predicted molar refractivity (Wildman–Crippen MR) is 86.0 cm³/mol. The number of nitrogens with one attached hydrogen (secondary N) is 2. The summed E-state index contributed by atoms with van der Waals surface area (Å²) in [7, 11) is 0. The largest absolute Gasteiger partial charge is 0.435 e. The molecule has 7 heteroatoms. The molecule has 0 aliphatic heterocycles. The van der Waals surface area contributed by atoms with Gasteiger partial charge in [-0.05, 0) is 36.5 Å². The van der Waals surface area contributed by atoms with Crippen LogP contribution in [0.4, 0.5) is 13.6 Å². The van der Waals surface area contributed by atoms with Gasteiger partial charge in [0, 0.05) is 12.6 Å². The minimum absolute atomic E-state index is 0.00886. The van der Waals surface area contributed by atoms with Gasteiger partial charge in [-0.3, -0.25) is 0 Å². The quantitative estimate of drug-likeness (QED) is 0.743. The van der Waals surface area contributed by atoms with E-state index in [1.807, 2.05) is 0 Å². The second kappa shape index (κ2) is 8.82. The Morgan fingerprint density at radius 1 is 1.38 bits per heavy atom. The second-order valence-electron chi connectivity index (χ2n) is 6.19. The van der Waals surface area contributed by atoms with Crippen molar-refractivity contribution >= 4 is 6.03 Å². The first-order valence-electron chi connectivity index (χ1n) is 8.23. The van der Waals surface area contributed by atoms with Gasteiger partial charge in [0.05, 0.1) is 6.10 Å². The van der Waals surface area contributed by atoms with E-state index in [0.29, 0.717) is 11.5 Å². The number of carbonyl (C=O) groups is 1. The zero-order chi connectivity index (χ0) is 17.5. The van der Waals surface area contributed by atoms with Gasteiger partial charge in [0.25, 0.3) is 0 Å². The van der Waals surface area contributed by atoms with Crippen LogP contribution in [-0.4, -0.2) is 30.3 Å².